The average molecular weight is 655 g/mol. The summed E-state index contributed by atoms with van der Waals surface area (Å²) < 4.78 is 47.8. The molecule has 10 heteroatoms. The second kappa shape index (κ2) is 8.39. The molecule has 0 aromatic heterocycles. The standard InChI is InChI=1S/C12H11F3I3NO3/c1-21-9-3-2-7(12(13,14)15)6-8(9)19-10(20)22-5-4-11(16,17)18/h2-3,6H,4-5H2,1H3,(H,19,20). The van der Waals surface area contributed by atoms with Gasteiger partial charge >= 0.3 is 12.3 Å². The molecule has 124 valence electrons. The van der Waals surface area contributed by atoms with Crippen molar-refractivity contribution in [3.05, 3.63) is 23.8 Å². The van der Waals surface area contributed by atoms with Crippen LogP contribution in [0.1, 0.15) is 12.0 Å². The van der Waals surface area contributed by atoms with Gasteiger partial charge in [-0.2, -0.15) is 13.2 Å². The predicted molar refractivity (Wildman–Crippen MR) is 102 cm³/mol. The number of rotatable bonds is 5. The molecule has 0 bridgehead atoms. The van der Waals surface area contributed by atoms with Gasteiger partial charge in [-0.05, 0) is 18.2 Å². The van der Waals surface area contributed by atoms with Gasteiger partial charge in [0.25, 0.3) is 0 Å². The third-order valence-electron chi connectivity index (χ3n) is 2.38. The van der Waals surface area contributed by atoms with Crippen LogP contribution in [0.4, 0.5) is 23.7 Å². The number of anilines is 1. The number of amides is 1. The Morgan fingerprint density at radius 3 is 2.41 bits per heavy atom. The minimum absolute atomic E-state index is 0.0907. The summed E-state index contributed by atoms with van der Waals surface area (Å²) in [5.41, 5.74) is -0.971. The van der Waals surface area contributed by atoms with Crippen LogP contribution in [0, 0.1) is 0 Å². The number of nitrogens with one attached hydrogen (secondary N) is 1. The fourth-order valence-electron chi connectivity index (χ4n) is 1.39. The molecule has 1 aromatic rings. The van der Waals surface area contributed by atoms with Crippen molar-refractivity contribution in [3.63, 3.8) is 0 Å². The summed E-state index contributed by atoms with van der Waals surface area (Å²) in [6.45, 7) is 0.155. The molecule has 4 nitrogen and oxygen atoms in total. The van der Waals surface area contributed by atoms with Gasteiger partial charge in [0.15, 0.2) is 0 Å². The van der Waals surface area contributed by atoms with E-state index >= 15 is 0 Å². The molecule has 0 spiro atoms. The lowest BCUT2D eigenvalue weighted by Gasteiger charge is -2.15. The number of hydrogen-bond donors (Lipinski definition) is 1. The van der Waals surface area contributed by atoms with E-state index in [-0.39, 0.29) is 17.5 Å². The topological polar surface area (TPSA) is 47.6 Å². The van der Waals surface area contributed by atoms with Crippen molar-refractivity contribution >= 4 is 79.6 Å². The summed E-state index contributed by atoms with van der Waals surface area (Å²) in [5.74, 6) is 0.121. The number of carbonyl (C=O) groups excluding carboxylic acids is 1. The van der Waals surface area contributed by atoms with Crippen LogP contribution in [0.15, 0.2) is 18.2 Å². The fraction of sp³-hybridized carbons (Fsp3) is 0.417. The molecule has 0 aliphatic heterocycles. The van der Waals surface area contributed by atoms with Crippen molar-refractivity contribution in [1.82, 2.24) is 0 Å². The van der Waals surface area contributed by atoms with E-state index in [2.05, 4.69) is 73.1 Å². The zero-order valence-electron chi connectivity index (χ0n) is 11.1. The Morgan fingerprint density at radius 1 is 1.27 bits per heavy atom. The molecule has 0 saturated carbocycles. The second-order valence-electron chi connectivity index (χ2n) is 4.04. The number of halogens is 6. The smallest absolute Gasteiger partial charge is 0.416 e. The second-order valence-corrected chi connectivity index (χ2v) is 15.8. The van der Waals surface area contributed by atoms with E-state index in [1.165, 1.54) is 7.11 Å². The van der Waals surface area contributed by atoms with E-state index < -0.39 is 17.8 Å². The van der Waals surface area contributed by atoms with E-state index in [9.17, 15) is 18.0 Å². The first-order chi connectivity index (χ1) is 10.0. The van der Waals surface area contributed by atoms with Gasteiger partial charge in [0.05, 0.1) is 25.0 Å². The minimum Gasteiger partial charge on any atom is -0.495 e. The Balaban J connectivity index is 2.76. The summed E-state index contributed by atoms with van der Waals surface area (Å²) in [7, 11) is 1.30. The number of methoxy groups -OCH3 is 1. The third-order valence-corrected chi connectivity index (χ3v) is 4.00. The Bertz CT molecular complexity index is 533. The normalized spacial score (nSPS) is 12.0. The summed E-state index contributed by atoms with van der Waals surface area (Å²) in [6, 6.07) is 2.83. The average Bonchev–Trinajstić information content (AvgIpc) is 2.36. The van der Waals surface area contributed by atoms with E-state index in [4.69, 9.17) is 9.47 Å². The predicted octanol–water partition coefficient (Wildman–Crippen LogP) is 5.61. The monoisotopic (exact) mass is 655 g/mol. The van der Waals surface area contributed by atoms with E-state index in [0.717, 1.165) is 18.2 Å². The van der Waals surface area contributed by atoms with Crippen LogP contribution in [-0.4, -0.2) is 19.2 Å². The van der Waals surface area contributed by atoms with Gasteiger partial charge in [-0.3, -0.25) is 5.32 Å². The van der Waals surface area contributed by atoms with E-state index in [1.54, 1.807) is 0 Å². The number of carbonyl (C=O) groups is 1. The van der Waals surface area contributed by atoms with Gasteiger partial charge in [0, 0.05) is 6.42 Å². The van der Waals surface area contributed by atoms with Gasteiger partial charge < -0.3 is 9.47 Å². The zero-order chi connectivity index (χ0) is 17.0. The van der Waals surface area contributed by atoms with Crippen LogP contribution in [-0.2, 0) is 10.9 Å². The first-order valence-corrected chi connectivity index (χ1v) is 9.02. The Labute approximate surface area is 166 Å². The van der Waals surface area contributed by atoms with Crippen molar-refractivity contribution in [2.45, 2.75) is 12.0 Å². The number of hydrogen-bond acceptors (Lipinski definition) is 3. The lowest BCUT2D eigenvalue weighted by Crippen LogP contribution is -2.17. The first-order valence-electron chi connectivity index (χ1n) is 5.78. The van der Waals surface area contributed by atoms with Crippen molar-refractivity contribution in [1.29, 1.82) is 0 Å². The molecular formula is C12H11F3I3NO3. The molecule has 22 heavy (non-hydrogen) atoms. The highest BCUT2D eigenvalue weighted by Crippen LogP contribution is 2.39. The molecule has 0 heterocycles. The molecule has 0 unspecified atom stereocenters. The largest absolute Gasteiger partial charge is 0.495 e. The van der Waals surface area contributed by atoms with Gasteiger partial charge in [0.2, 0.25) is 0 Å². The molecule has 0 atom stereocenters. The number of ether oxygens (including phenoxy) is 2. The van der Waals surface area contributed by atoms with Gasteiger partial charge in [-0.1, -0.05) is 67.8 Å². The molecule has 0 aliphatic rings. The quantitative estimate of drug-likeness (QED) is 0.332. The van der Waals surface area contributed by atoms with Crippen LogP contribution in [0.25, 0.3) is 0 Å². The Kier molecular flexibility index (Phi) is 7.75. The van der Waals surface area contributed by atoms with Crippen molar-refractivity contribution in [2.75, 3.05) is 19.0 Å². The highest BCUT2D eigenvalue weighted by atomic mass is 127. The maximum absolute atomic E-state index is 12.7. The molecule has 1 N–H and O–H groups in total. The van der Waals surface area contributed by atoms with Crippen LogP contribution >= 0.6 is 67.8 Å². The summed E-state index contributed by atoms with van der Waals surface area (Å²) >= 11 is 6.56. The van der Waals surface area contributed by atoms with E-state index in [1.807, 2.05) is 0 Å². The third kappa shape index (κ3) is 7.23. The maximum Gasteiger partial charge on any atom is 0.416 e. The Hall–Kier alpha value is 0.270. The molecule has 0 aliphatic carbocycles. The minimum atomic E-state index is -4.50. The van der Waals surface area contributed by atoms with Crippen molar-refractivity contribution in [2.24, 2.45) is 0 Å². The Morgan fingerprint density at radius 2 is 1.91 bits per heavy atom. The summed E-state index contributed by atoms with van der Waals surface area (Å²) in [6.07, 6.45) is -4.73. The van der Waals surface area contributed by atoms with E-state index in [0.29, 0.717) is 6.42 Å². The summed E-state index contributed by atoms with van der Waals surface area (Å²) in [4.78, 5) is 11.6. The molecule has 1 aromatic carbocycles. The van der Waals surface area contributed by atoms with Crippen LogP contribution in [0.5, 0.6) is 5.75 Å². The molecule has 1 amide bonds. The lowest BCUT2D eigenvalue weighted by molar-refractivity contribution is -0.137. The van der Waals surface area contributed by atoms with Crippen LogP contribution < -0.4 is 10.1 Å². The van der Waals surface area contributed by atoms with Gasteiger partial charge in [-0.15, -0.1) is 0 Å². The molecule has 0 radical (unpaired) electrons. The molecule has 0 fully saturated rings. The molecule has 0 saturated heterocycles. The highest BCUT2D eigenvalue weighted by Gasteiger charge is 2.31. The molecule has 1 rings (SSSR count). The van der Waals surface area contributed by atoms with Crippen LogP contribution in [0.3, 0.4) is 0 Å². The van der Waals surface area contributed by atoms with Crippen molar-refractivity contribution < 1.29 is 27.4 Å². The van der Waals surface area contributed by atoms with Crippen LogP contribution in [0.2, 0.25) is 0 Å². The number of alkyl halides is 6. The highest BCUT2D eigenvalue weighted by molar-refractivity contribution is 14.3. The lowest BCUT2D eigenvalue weighted by atomic mass is 10.2. The van der Waals surface area contributed by atoms with Gasteiger partial charge in [-0.25, -0.2) is 4.79 Å². The number of benzene rings is 1. The first kappa shape index (κ1) is 20.3. The fourth-order valence-corrected chi connectivity index (χ4v) is 2.05. The SMILES string of the molecule is COc1ccc(C(F)(F)F)cc1NC(=O)OCCC(I)(I)I. The molecular weight excluding hydrogens is 644 g/mol. The van der Waals surface area contributed by atoms with Crippen molar-refractivity contribution in [3.8, 4) is 5.75 Å². The maximum atomic E-state index is 12.7. The summed E-state index contributed by atoms with van der Waals surface area (Å²) in [5, 5.41) is 2.27. The van der Waals surface area contributed by atoms with Gasteiger partial charge in [0.1, 0.15) is 5.18 Å². The zero-order valence-corrected chi connectivity index (χ0v) is 17.6.